The van der Waals surface area contributed by atoms with Crippen LogP contribution < -0.4 is 0 Å². The van der Waals surface area contributed by atoms with Crippen LogP contribution in [0.2, 0.25) is 0 Å². The van der Waals surface area contributed by atoms with Crippen LogP contribution in [0.3, 0.4) is 0 Å². The first-order chi connectivity index (χ1) is 9.74. The maximum atomic E-state index is 11.3. The highest BCUT2D eigenvalue weighted by Gasteiger charge is 2.29. The molecule has 2 aromatic heterocycles. The molecule has 1 atom stereocenters. The number of carboxylic acids is 1. The second-order valence-electron chi connectivity index (χ2n) is 4.52. The molecule has 0 saturated carbocycles. The number of nitrogens with zero attached hydrogens (tertiary/aromatic N) is 2. The molecule has 106 valence electrons. The second kappa shape index (κ2) is 5.99. The Morgan fingerprint density at radius 2 is 2.50 bits per heavy atom. The van der Waals surface area contributed by atoms with Crippen molar-refractivity contribution in [2.24, 2.45) is 0 Å². The van der Waals surface area contributed by atoms with Crippen LogP contribution in [0.15, 0.2) is 28.2 Å². The van der Waals surface area contributed by atoms with E-state index in [4.69, 9.17) is 4.42 Å². The van der Waals surface area contributed by atoms with Gasteiger partial charge in [-0.1, -0.05) is 0 Å². The Bertz CT molecular complexity index is 582. The molecule has 0 aromatic carbocycles. The van der Waals surface area contributed by atoms with E-state index in [-0.39, 0.29) is 0 Å². The third-order valence-electron chi connectivity index (χ3n) is 3.17. The van der Waals surface area contributed by atoms with Gasteiger partial charge in [-0.25, -0.2) is 4.98 Å². The van der Waals surface area contributed by atoms with E-state index in [0.717, 1.165) is 28.8 Å². The van der Waals surface area contributed by atoms with Crippen molar-refractivity contribution in [3.8, 4) is 10.8 Å². The van der Waals surface area contributed by atoms with Crippen LogP contribution in [0.4, 0.5) is 0 Å². The fourth-order valence-corrected chi connectivity index (χ4v) is 4.04. The minimum absolute atomic E-state index is 0.414. The van der Waals surface area contributed by atoms with Crippen molar-refractivity contribution < 1.29 is 14.3 Å². The van der Waals surface area contributed by atoms with Gasteiger partial charge in [0.2, 0.25) is 0 Å². The Balaban J connectivity index is 1.72. The summed E-state index contributed by atoms with van der Waals surface area (Å²) < 4.78 is 5.32. The number of carbonyl (C=O) groups is 1. The van der Waals surface area contributed by atoms with Gasteiger partial charge in [0.05, 0.1) is 12.0 Å². The highest BCUT2D eigenvalue weighted by Crippen LogP contribution is 2.26. The Morgan fingerprint density at radius 1 is 1.60 bits per heavy atom. The number of furan rings is 1. The molecular formula is C13H14N2O3S2. The second-order valence-corrected chi connectivity index (χ2v) is 6.53. The first-order valence-electron chi connectivity index (χ1n) is 6.27. The van der Waals surface area contributed by atoms with Gasteiger partial charge in [-0.2, -0.15) is 11.8 Å². The van der Waals surface area contributed by atoms with Crippen molar-refractivity contribution in [1.82, 2.24) is 9.88 Å². The van der Waals surface area contributed by atoms with Crippen LogP contribution >= 0.6 is 23.1 Å². The zero-order valence-corrected chi connectivity index (χ0v) is 12.3. The van der Waals surface area contributed by atoms with E-state index in [1.807, 2.05) is 22.4 Å². The zero-order chi connectivity index (χ0) is 13.9. The molecular weight excluding hydrogens is 296 g/mol. The molecule has 3 rings (SSSR count). The average Bonchev–Trinajstić information content (AvgIpc) is 3.09. The summed E-state index contributed by atoms with van der Waals surface area (Å²) in [5.74, 6) is 1.62. The van der Waals surface area contributed by atoms with Gasteiger partial charge < -0.3 is 9.52 Å². The molecule has 3 heterocycles. The first-order valence-corrected chi connectivity index (χ1v) is 8.30. The van der Waals surface area contributed by atoms with Crippen molar-refractivity contribution >= 4 is 29.1 Å². The van der Waals surface area contributed by atoms with E-state index in [2.05, 4.69) is 4.98 Å². The lowest BCUT2D eigenvalue weighted by molar-refractivity contribution is -0.142. The standard InChI is InChI=1S/C13H14N2O3S2/c16-13(17)10-8-19-5-3-15(10)6-9-7-20-12(14-9)11-2-1-4-18-11/h1-2,4,7,10H,3,5-6,8H2,(H,16,17). The van der Waals surface area contributed by atoms with Crippen LogP contribution in [-0.2, 0) is 11.3 Å². The molecule has 1 fully saturated rings. The summed E-state index contributed by atoms with van der Waals surface area (Å²) in [6.07, 6.45) is 1.62. The Labute approximate surface area is 124 Å². The van der Waals surface area contributed by atoms with Gasteiger partial charge in [-0.15, -0.1) is 11.3 Å². The van der Waals surface area contributed by atoms with Gasteiger partial charge >= 0.3 is 5.97 Å². The van der Waals surface area contributed by atoms with Crippen molar-refractivity contribution in [2.45, 2.75) is 12.6 Å². The number of rotatable bonds is 4. The van der Waals surface area contributed by atoms with Gasteiger partial charge in [0.1, 0.15) is 6.04 Å². The fourth-order valence-electron chi connectivity index (χ4n) is 2.16. The minimum Gasteiger partial charge on any atom is -0.480 e. The lowest BCUT2D eigenvalue weighted by atomic mass is 10.2. The third kappa shape index (κ3) is 2.89. The highest BCUT2D eigenvalue weighted by molar-refractivity contribution is 7.99. The summed E-state index contributed by atoms with van der Waals surface area (Å²) in [4.78, 5) is 17.8. The summed E-state index contributed by atoms with van der Waals surface area (Å²) in [6, 6.07) is 3.29. The van der Waals surface area contributed by atoms with Crippen molar-refractivity contribution in [3.63, 3.8) is 0 Å². The maximum absolute atomic E-state index is 11.3. The van der Waals surface area contributed by atoms with Crippen molar-refractivity contribution in [1.29, 1.82) is 0 Å². The van der Waals surface area contributed by atoms with Gasteiger partial charge in [0, 0.05) is 30.0 Å². The summed E-state index contributed by atoms with van der Waals surface area (Å²) in [5.41, 5.74) is 0.902. The van der Waals surface area contributed by atoms with Crippen LogP contribution in [-0.4, -0.2) is 45.1 Å². The molecule has 1 N–H and O–H groups in total. The van der Waals surface area contributed by atoms with Gasteiger partial charge in [0.25, 0.3) is 0 Å². The van der Waals surface area contributed by atoms with Crippen LogP contribution in [0.1, 0.15) is 5.69 Å². The largest absolute Gasteiger partial charge is 0.480 e. The molecule has 1 aliphatic heterocycles. The molecule has 5 nitrogen and oxygen atoms in total. The summed E-state index contributed by atoms with van der Waals surface area (Å²) in [7, 11) is 0. The Hall–Kier alpha value is -1.31. The molecule has 0 spiro atoms. The number of aromatic nitrogens is 1. The van der Waals surface area contributed by atoms with Gasteiger partial charge in [-0.05, 0) is 12.1 Å². The molecule has 0 aliphatic carbocycles. The number of hydrogen-bond donors (Lipinski definition) is 1. The van der Waals surface area contributed by atoms with E-state index in [9.17, 15) is 9.90 Å². The predicted molar refractivity (Wildman–Crippen MR) is 79.0 cm³/mol. The minimum atomic E-state index is -0.751. The summed E-state index contributed by atoms with van der Waals surface area (Å²) >= 11 is 3.21. The smallest absolute Gasteiger partial charge is 0.321 e. The normalized spacial score (nSPS) is 20.1. The number of aliphatic carboxylic acids is 1. The van der Waals surface area contributed by atoms with Crippen molar-refractivity contribution in [2.75, 3.05) is 18.1 Å². The number of hydrogen-bond acceptors (Lipinski definition) is 6. The van der Waals surface area contributed by atoms with E-state index < -0.39 is 12.0 Å². The maximum Gasteiger partial charge on any atom is 0.321 e. The first kappa shape index (κ1) is 13.7. The molecule has 7 heteroatoms. The van der Waals surface area contributed by atoms with Gasteiger partial charge in [0.15, 0.2) is 10.8 Å². The fraction of sp³-hybridized carbons (Fsp3) is 0.385. The van der Waals surface area contributed by atoms with E-state index in [1.54, 1.807) is 18.0 Å². The molecule has 0 radical (unpaired) electrons. The quantitative estimate of drug-likeness (QED) is 0.935. The number of thiazole rings is 1. The van der Waals surface area contributed by atoms with Crippen molar-refractivity contribution in [3.05, 3.63) is 29.5 Å². The van der Waals surface area contributed by atoms with E-state index in [1.165, 1.54) is 11.3 Å². The van der Waals surface area contributed by atoms with Crippen LogP contribution in [0.5, 0.6) is 0 Å². The van der Waals surface area contributed by atoms with E-state index in [0.29, 0.717) is 12.3 Å². The topological polar surface area (TPSA) is 66.6 Å². The summed E-state index contributed by atoms with van der Waals surface area (Å²) in [5, 5.41) is 12.1. The van der Waals surface area contributed by atoms with Crippen LogP contribution in [0, 0.1) is 0 Å². The molecule has 0 amide bonds. The van der Waals surface area contributed by atoms with Crippen LogP contribution in [0.25, 0.3) is 10.8 Å². The monoisotopic (exact) mass is 310 g/mol. The van der Waals surface area contributed by atoms with E-state index >= 15 is 0 Å². The lowest BCUT2D eigenvalue weighted by Crippen LogP contribution is -2.46. The molecule has 1 aliphatic rings. The lowest BCUT2D eigenvalue weighted by Gasteiger charge is -2.31. The SMILES string of the molecule is O=C(O)C1CSCCN1Cc1csc(-c2ccco2)n1. The third-order valence-corrected chi connectivity index (χ3v) is 5.10. The highest BCUT2D eigenvalue weighted by atomic mass is 32.2. The molecule has 2 aromatic rings. The average molecular weight is 310 g/mol. The molecule has 1 saturated heterocycles. The Kier molecular flexibility index (Phi) is 4.09. The molecule has 1 unspecified atom stereocenters. The molecule has 0 bridgehead atoms. The number of carboxylic acid groups (broad SMARTS) is 1. The Morgan fingerprint density at radius 3 is 3.25 bits per heavy atom. The van der Waals surface area contributed by atoms with Gasteiger partial charge in [-0.3, -0.25) is 9.69 Å². The number of thioether (sulfide) groups is 1. The molecule has 20 heavy (non-hydrogen) atoms. The predicted octanol–water partition coefficient (Wildman–Crippen LogP) is 2.41. The summed E-state index contributed by atoms with van der Waals surface area (Å²) in [6.45, 7) is 1.37. The zero-order valence-electron chi connectivity index (χ0n) is 10.7.